The number of hydrogen-bond acceptors (Lipinski definition) is 3. The Labute approximate surface area is 165 Å². The predicted molar refractivity (Wildman–Crippen MR) is 103 cm³/mol. The molecule has 1 saturated heterocycles. The summed E-state index contributed by atoms with van der Waals surface area (Å²) < 4.78 is 27.2. The van der Waals surface area contributed by atoms with E-state index in [0.717, 1.165) is 36.8 Å². The number of amides is 1. The summed E-state index contributed by atoms with van der Waals surface area (Å²) in [6.45, 7) is 2.59. The minimum absolute atomic E-state index is 0.00107. The Bertz CT molecular complexity index is 771. The number of carbonyl (C=O) groups is 1. The van der Waals surface area contributed by atoms with E-state index in [1.807, 2.05) is 11.8 Å². The van der Waals surface area contributed by atoms with Gasteiger partial charge in [-0.05, 0) is 62.3 Å². The zero-order valence-electron chi connectivity index (χ0n) is 16.5. The van der Waals surface area contributed by atoms with Gasteiger partial charge in [-0.15, -0.1) is 0 Å². The number of aryl methyl sites for hydroxylation is 1. The van der Waals surface area contributed by atoms with Crippen LogP contribution in [0.2, 0.25) is 0 Å². The second kappa shape index (κ2) is 7.38. The van der Waals surface area contributed by atoms with Crippen LogP contribution in [0.15, 0.2) is 12.1 Å². The number of benzene rings is 1. The maximum Gasteiger partial charge on any atom is 0.224 e. The lowest BCUT2D eigenvalue weighted by Crippen LogP contribution is -2.59. The standard InChI is InChI=1S/C22H30F2N2O2/c1-13-17-4-2-3-7-22(17,28)8-9-26(13)21(27)12-20(25)15-6-5-14-10-18(23)19(24)11-16(14)15/h10-11,13,15,17,20,28H,2-9,12,25H2,1H3. The van der Waals surface area contributed by atoms with Crippen molar-refractivity contribution >= 4 is 5.91 Å². The van der Waals surface area contributed by atoms with Gasteiger partial charge in [0.25, 0.3) is 0 Å². The first-order chi connectivity index (χ1) is 13.3. The number of piperidine rings is 1. The number of hydrogen-bond donors (Lipinski definition) is 2. The molecule has 2 aliphatic carbocycles. The molecule has 0 spiro atoms. The van der Waals surface area contributed by atoms with E-state index < -0.39 is 23.3 Å². The molecule has 1 aromatic rings. The second-order valence-electron chi connectivity index (χ2n) is 9.01. The van der Waals surface area contributed by atoms with Crippen LogP contribution < -0.4 is 5.73 Å². The summed E-state index contributed by atoms with van der Waals surface area (Å²) in [5.41, 5.74) is 7.28. The molecule has 0 aromatic heterocycles. The fraction of sp³-hybridized carbons (Fsp3) is 0.682. The maximum absolute atomic E-state index is 13.7. The van der Waals surface area contributed by atoms with E-state index in [-0.39, 0.29) is 30.2 Å². The van der Waals surface area contributed by atoms with Crippen LogP contribution in [-0.2, 0) is 11.2 Å². The Hall–Kier alpha value is -1.53. The topological polar surface area (TPSA) is 66.6 Å². The number of nitrogens with zero attached hydrogens (tertiary/aromatic N) is 1. The third-order valence-electron chi connectivity index (χ3n) is 7.48. The normalized spacial score (nSPS) is 33.3. The number of likely N-dealkylation sites (tertiary alicyclic amines) is 1. The van der Waals surface area contributed by atoms with Crippen LogP contribution in [0.5, 0.6) is 0 Å². The minimum atomic E-state index is -0.856. The van der Waals surface area contributed by atoms with Crippen molar-refractivity contribution in [2.75, 3.05) is 6.54 Å². The summed E-state index contributed by atoms with van der Waals surface area (Å²) in [6.07, 6.45) is 6.12. The molecule has 4 rings (SSSR count). The second-order valence-corrected chi connectivity index (χ2v) is 9.01. The van der Waals surface area contributed by atoms with Crippen LogP contribution in [0.25, 0.3) is 0 Å². The van der Waals surface area contributed by atoms with Gasteiger partial charge in [0.2, 0.25) is 5.91 Å². The number of nitrogens with two attached hydrogens (primary N) is 1. The molecule has 5 atom stereocenters. The van der Waals surface area contributed by atoms with Gasteiger partial charge in [-0.3, -0.25) is 4.79 Å². The fourth-order valence-corrected chi connectivity index (χ4v) is 5.87. The lowest BCUT2D eigenvalue weighted by Gasteiger charge is -2.51. The maximum atomic E-state index is 13.7. The van der Waals surface area contributed by atoms with Gasteiger partial charge in [0.1, 0.15) is 0 Å². The van der Waals surface area contributed by atoms with E-state index >= 15 is 0 Å². The molecule has 3 N–H and O–H groups in total. The third-order valence-corrected chi connectivity index (χ3v) is 7.48. The van der Waals surface area contributed by atoms with E-state index in [1.165, 1.54) is 12.1 Å². The lowest BCUT2D eigenvalue weighted by atomic mass is 9.68. The highest BCUT2D eigenvalue weighted by Gasteiger charge is 2.48. The molecule has 6 heteroatoms. The first-order valence-electron chi connectivity index (χ1n) is 10.6. The van der Waals surface area contributed by atoms with Crippen molar-refractivity contribution in [2.45, 2.75) is 81.9 Å². The molecule has 1 saturated carbocycles. The molecule has 1 amide bonds. The van der Waals surface area contributed by atoms with Gasteiger partial charge < -0.3 is 15.7 Å². The van der Waals surface area contributed by atoms with Crippen LogP contribution in [0.4, 0.5) is 8.78 Å². The lowest BCUT2D eigenvalue weighted by molar-refractivity contribution is -0.152. The smallest absolute Gasteiger partial charge is 0.224 e. The summed E-state index contributed by atoms with van der Waals surface area (Å²) in [5, 5.41) is 10.9. The van der Waals surface area contributed by atoms with Gasteiger partial charge in [-0.2, -0.15) is 0 Å². The fourth-order valence-electron chi connectivity index (χ4n) is 5.87. The van der Waals surface area contributed by atoms with Crippen LogP contribution >= 0.6 is 0 Å². The first-order valence-corrected chi connectivity index (χ1v) is 10.6. The monoisotopic (exact) mass is 392 g/mol. The first kappa shape index (κ1) is 19.8. The van der Waals surface area contributed by atoms with Crippen LogP contribution in [-0.4, -0.2) is 40.1 Å². The highest BCUT2D eigenvalue weighted by atomic mass is 19.2. The summed E-state index contributed by atoms with van der Waals surface area (Å²) >= 11 is 0. The Morgan fingerprint density at radius 3 is 2.82 bits per heavy atom. The van der Waals surface area contributed by atoms with E-state index in [1.54, 1.807) is 0 Å². The zero-order chi connectivity index (χ0) is 20.1. The molecule has 1 aromatic carbocycles. The van der Waals surface area contributed by atoms with Gasteiger partial charge in [0.15, 0.2) is 11.6 Å². The largest absolute Gasteiger partial charge is 0.389 e. The van der Waals surface area contributed by atoms with Crippen LogP contribution in [0.1, 0.15) is 68.9 Å². The molecular weight excluding hydrogens is 362 g/mol. The van der Waals surface area contributed by atoms with Crippen molar-refractivity contribution in [1.82, 2.24) is 4.90 Å². The molecule has 28 heavy (non-hydrogen) atoms. The SMILES string of the molecule is CC1C2CCCCC2(O)CCN1C(=O)CC(N)C1CCc2cc(F)c(F)cc21. The average molecular weight is 392 g/mol. The van der Waals surface area contributed by atoms with E-state index in [9.17, 15) is 18.7 Å². The Balaban J connectivity index is 1.44. The molecule has 3 aliphatic rings. The van der Waals surface area contributed by atoms with Gasteiger partial charge >= 0.3 is 0 Å². The number of fused-ring (bicyclic) bond motifs is 2. The Kier molecular flexibility index (Phi) is 5.21. The summed E-state index contributed by atoms with van der Waals surface area (Å²) in [6, 6.07) is 2.09. The predicted octanol–water partition coefficient (Wildman–Crippen LogP) is 3.25. The molecule has 4 nitrogen and oxygen atoms in total. The number of rotatable bonds is 3. The molecule has 154 valence electrons. The molecule has 5 unspecified atom stereocenters. The zero-order valence-corrected chi connectivity index (χ0v) is 16.5. The summed E-state index contributed by atoms with van der Waals surface area (Å²) in [5.74, 6) is -1.68. The Morgan fingerprint density at radius 2 is 2.04 bits per heavy atom. The summed E-state index contributed by atoms with van der Waals surface area (Å²) in [4.78, 5) is 14.9. The molecule has 0 bridgehead atoms. The van der Waals surface area contributed by atoms with Crippen molar-refractivity contribution in [1.29, 1.82) is 0 Å². The summed E-state index contributed by atoms with van der Waals surface area (Å²) in [7, 11) is 0. The average Bonchev–Trinajstić information content (AvgIpc) is 3.04. The van der Waals surface area contributed by atoms with Crippen molar-refractivity contribution < 1.29 is 18.7 Å². The molecule has 0 radical (unpaired) electrons. The molecule has 1 heterocycles. The molecular formula is C22H30F2N2O2. The van der Waals surface area contributed by atoms with Crippen molar-refractivity contribution in [3.05, 3.63) is 34.9 Å². The highest BCUT2D eigenvalue weighted by molar-refractivity contribution is 5.77. The Morgan fingerprint density at radius 1 is 1.29 bits per heavy atom. The van der Waals surface area contributed by atoms with Gasteiger partial charge in [0, 0.05) is 36.9 Å². The number of halogens is 2. The molecule has 1 aliphatic heterocycles. The van der Waals surface area contributed by atoms with Crippen molar-refractivity contribution in [3.63, 3.8) is 0 Å². The number of aliphatic hydroxyl groups is 1. The highest BCUT2D eigenvalue weighted by Crippen LogP contribution is 2.43. The van der Waals surface area contributed by atoms with E-state index in [2.05, 4.69) is 0 Å². The minimum Gasteiger partial charge on any atom is -0.389 e. The van der Waals surface area contributed by atoms with E-state index in [0.29, 0.717) is 25.8 Å². The van der Waals surface area contributed by atoms with Crippen molar-refractivity contribution in [2.24, 2.45) is 11.7 Å². The van der Waals surface area contributed by atoms with Crippen LogP contribution in [0, 0.1) is 17.6 Å². The van der Waals surface area contributed by atoms with Crippen LogP contribution in [0.3, 0.4) is 0 Å². The quantitative estimate of drug-likeness (QED) is 0.830. The van der Waals surface area contributed by atoms with Crippen molar-refractivity contribution in [3.8, 4) is 0 Å². The number of carbonyl (C=O) groups excluding carboxylic acids is 1. The van der Waals surface area contributed by atoms with E-state index in [4.69, 9.17) is 5.73 Å². The third kappa shape index (κ3) is 3.35. The van der Waals surface area contributed by atoms with Gasteiger partial charge in [-0.1, -0.05) is 12.8 Å². The molecule has 2 fully saturated rings. The van der Waals surface area contributed by atoms with Gasteiger partial charge in [0.05, 0.1) is 5.60 Å². The van der Waals surface area contributed by atoms with Gasteiger partial charge in [-0.25, -0.2) is 8.78 Å².